The normalized spacial score (nSPS) is 10.7. The monoisotopic (exact) mass is 225 g/mol. The van der Waals surface area contributed by atoms with Gasteiger partial charge in [0.15, 0.2) is 11.5 Å². The van der Waals surface area contributed by atoms with Gasteiger partial charge in [0.1, 0.15) is 0 Å². The Labute approximate surface area is 91.4 Å². The maximum atomic E-state index is 11.4. The van der Waals surface area contributed by atoms with Crippen molar-refractivity contribution in [3.05, 3.63) is 36.1 Å². The molecule has 4 N–H and O–H groups in total. The first-order chi connectivity index (χ1) is 7.31. The molecule has 0 heterocycles. The van der Waals surface area contributed by atoms with E-state index in [-0.39, 0.29) is 5.57 Å². The van der Waals surface area contributed by atoms with Crippen LogP contribution in [0.1, 0.15) is 0 Å². The number of carbonyl (C=O) groups is 3. The van der Waals surface area contributed by atoms with Crippen LogP contribution in [-0.2, 0) is 14.4 Å². The second-order valence-electron chi connectivity index (χ2n) is 2.82. The van der Waals surface area contributed by atoms with E-state index in [0.717, 1.165) is 0 Å². The molecule has 0 bridgehead atoms. The van der Waals surface area contributed by atoms with Crippen LogP contribution in [0.4, 0.5) is 0 Å². The van der Waals surface area contributed by atoms with E-state index in [1.165, 1.54) is 0 Å². The van der Waals surface area contributed by atoms with Crippen LogP contribution in [0.3, 0.4) is 0 Å². The van der Waals surface area contributed by atoms with Crippen molar-refractivity contribution in [1.82, 2.24) is 0 Å². The zero-order valence-electron chi connectivity index (χ0n) is 8.40. The average molecular weight is 225 g/mol. The molecule has 16 heavy (non-hydrogen) atoms. The molecular weight excluding hydrogens is 214 g/mol. The summed E-state index contributed by atoms with van der Waals surface area (Å²) in [5.74, 6) is -3.96. The second kappa shape index (κ2) is 5.62. The molecule has 0 aliphatic carbocycles. The molecule has 0 radical (unpaired) electrons. The number of Topliss-reactive ketones (excluding diaryl/α,β-unsaturated/α-hetero) is 1. The quantitative estimate of drug-likeness (QED) is 0.236. The average Bonchev–Trinajstić information content (AvgIpc) is 2.22. The number of nitrogens with two attached hydrogens (primary N) is 1. The molecule has 0 saturated heterocycles. The van der Waals surface area contributed by atoms with Crippen molar-refractivity contribution in [2.45, 2.75) is 0 Å². The molecule has 0 rings (SSSR count). The van der Waals surface area contributed by atoms with Gasteiger partial charge in [-0.05, 0) is 0 Å². The van der Waals surface area contributed by atoms with Crippen LogP contribution >= 0.6 is 0 Å². The summed E-state index contributed by atoms with van der Waals surface area (Å²) in [7, 11) is 0. The maximum absolute atomic E-state index is 11.4. The van der Waals surface area contributed by atoms with Crippen molar-refractivity contribution in [3.63, 3.8) is 0 Å². The zero-order valence-corrected chi connectivity index (χ0v) is 8.40. The third-order valence-corrected chi connectivity index (χ3v) is 1.58. The van der Waals surface area contributed by atoms with Gasteiger partial charge in [-0.25, -0.2) is 0 Å². The maximum Gasteiger partial charge on any atom is 0.252 e. The number of primary amides is 1. The predicted molar refractivity (Wildman–Crippen MR) is 55.3 cm³/mol. The van der Waals surface area contributed by atoms with Gasteiger partial charge in [0, 0.05) is 11.6 Å². The smallest absolute Gasteiger partial charge is 0.252 e. The van der Waals surface area contributed by atoms with E-state index >= 15 is 0 Å². The molecule has 0 aromatic heterocycles. The highest BCUT2D eigenvalue weighted by Crippen LogP contribution is 2.05. The molecule has 0 aromatic rings. The number of rotatable bonds is 6. The fourth-order valence-electron chi connectivity index (χ4n) is 0.725. The van der Waals surface area contributed by atoms with E-state index in [9.17, 15) is 14.4 Å². The van der Waals surface area contributed by atoms with E-state index in [0.29, 0.717) is 6.08 Å². The van der Waals surface area contributed by atoms with Crippen molar-refractivity contribution >= 4 is 17.5 Å². The molecule has 0 spiro atoms. The van der Waals surface area contributed by atoms with Crippen molar-refractivity contribution in [2.75, 3.05) is 6.61 Å². The zero-order chi connectivity index (χ0) is 12.9. The standard InChI is InChI=1S/C10H11NO5/c1-5(4-12)9(15)7(10(11)16)3-8(14)6(2)13/h3,12-13H,1-2,4H2,(H2,11,16). The molecule has 0 aliphatic heterocycles. The third kappa shape index (κ3) is 3.50. The summed E-state index contributed by atoms with van der Waals surface area (Å²) in [6.45, 7) is 5.43. The largest absolute Gasteiger partial charge is 0.505 e. The van der Waals surface area contributed by atoms with E-state index in [1.807, 2.05) is 0 Å². The van der Waals surface area contributed by atoms with Gasteiger partial charge in [-0.1, -0.05) is 13.2 Å². The Morgan fingerprint density at radius 2 is 1.75 bits per heavy atom. The van der Waals surface area contributed by atoms with Gasteiger partial charge in [-0.15, -0.1) is 0 Å². The van der Waals surface area contributed by atoms with Gasteiger partial charge < -0.3 is 15.9 Å². The Balaban J connectivity index is 5.26. The van der Waals surface area contributed by atoms with Crippen LogP contribution in [-0.4, -0.2) is 34.3 Å². The molecule has 0 aromatic carbocycles. The number of hydrogen-bond donors (Lipinski definition) is 3. The van der Waals surface area contributed by atoms with Gasteiger partial charge in [0.2, 0.25) is 5.78 Å². The number of amides is 1. The number of aliphatic hydroxyl groups excluding tert-OH is 2. The number of carbonyl (C=O) groups excluding carboxylic acids is 3. The summed E-state index contributed by atoms with van der Waals surface area (Å²) in [4.78, 5) is 33.2. The third-order valence-electron chi connectivity index (χ3n) is 1.58. The lowest BCUT2D eigenvalue weighted by atomic mass is 10.0. The summed E-state index contributed by atoms with van der Waals surface area (Å²) in [5.41, 5.74) is 3.91. The molecular formula is C10H11NO5. The number of aliphatic hydroxyl groups is 2. The van der Waals surface area contributed by atoms with Gasteiger partial charge in [-0.3, -0.25) is 14.4 Å². The minimum Gasteiger partial charge on any atom is -0.505 e. The summed E-state index contributed by atoms with van der Waals surface area (Å²) >= 11 is 0. The number of allylic oxidation sites excluding steroid dienone is 1. The van der Waals surface area contributed by atoms with Gasteiger partial charge in [0.25, 0.3) is 5.91 Å². The van der Waals surface area contributed by atoms with Crippen molar-refractivity contribution < 1.29 is 24.6 Å². The molecule has 6 heteroatoms. The lowest BCUT2D eigenvalue weighted by Crippen LogP contribution is -2.24. The van der Waals surface area contributed by atoms with Crippen molar-refractivity contribution in [1.29, 1.82) is 0 Å². The van der Waals surface area contributed by atoms with E-state index in [4.69, 9.17) is 15.9 Å². The number of ketones is 2. The lowest BCUT2D eigenvalue weighted by molar-refractivity contribution is -0.120. The molecule has 1 amide bonds. The first-order valence-corrected chi connectivity index (χ1v) is 4.08. The summed E-state index contributed by atoms with van der Waals surface area (Å²) in [6, 6.07) is 0. The highest BCUT2D eigenvalue weighted by molar-refractivity contribution is 6.28. The Kier molecular flexibility index (Phi) is 4.84. The van der Waals surface area contributed by atoms with Crippen LogP contribution in [0, 0.1) is 0 Å². The SMILES string of the molecule is C=C(O)C(=O)C=C(C(N)=O)C(=O)C(=C)CO. The van der Waals surface area contributed by atoms with Crippen LogP contribution in [0.2, 0.25) is 0 Å². The topological polar surface area (TPSA) is 118 Å². The second-order valence-corrected chi connectivity index (χ2v) is 2.82. The Bertz CT molecular complexity index is 405. The summed E-state index contributed by atoms with van der Waals surface area (Å²) in [6.07, 6.45) is 0.549. The molecule has 0 aliphatic rings. The van der Waals surface area contributed by atoms with Crippen LogP contribution in [0.5, 0.6) is 0 Å². The molecule has 0 fully saturated rings. The first kappa shape index (κ1) is 13.8. The van der Waals surface area contributed by atoms with Crippen molar-refractivity contribution in [3.8, 4) is 0 Å². The predicted octanol–water partition coefficient (Wildman–Crippen LogP) is -0.844. The van der Waals surface area contributed by atoms with E-state index in [1.54, 1.807) is 0 Å². The molecule has 86 valence electrons. The minimum absolute atomic E-state index is 0.290. The highest BCUT2D eigenvalue weighted by atomic mass is 16.3. The lowest BCUT2D eigenvalue weighted by Gasteiger charge is -2.02. The van der Waals surface area contributed by atoms with Gasteiger partial charge >= 0.3 is 0 Å². The Morgan fingerprint density at radius 3 is 2.06 bits per heavy atom. The van der Waals surface area contributed by atoms with E-state index in [2.05, 4.69) is 13.2 Å². The minimum atomic E-state index is -1.16. The Morgan fingerprint density at radius 1 is 1.25 bits per heavy atom. The van der Waals surface area contributed by atoms with Gasteiger partial charge in [-0.2, -0.15) is 0 Å². The van der Waals surface area contributed by atoms with Gasteiger partial charge in [0.05, 0.1) is 12.2 Å². The fourth-order valence-corrected chi connectivity index (χ4v) is 0.725. The summed E-state index contributed by atoms with van der Waals surface area (Å²) < 4.78 is 0. The van der Waals surface area contributed by atoms with Crippen molar-refractivity contribution in [2.24, 2.45) is 5.73 Å². The van der Waals surface area contributed by atoms with Crippen LogP contribution < -0.4 is 5.73 Å². The summed E-state index contributed by atoms with van der Waals surface area (Å²) in [5, 5.41) is 17.3. The molecule has 0 saturated carbocycles. The highest BCUT2D eigenvalue weighted by Gasteiger charge is 2.19. The first-order valence-electron chi connectivity index (χ1n) is 4.08. The molecule has 6 nitrogen and oxygen atoms in total. The fraction of sp³-hybridized carbons (Fsp3) is 0.100. The van der Waals surface area contributed by atoms with Crippen LogP contribution in [0.25, 0.3) is 0 Å². The molecule has 0 unspecified atom stereocenters. The Hall–Kier alpha value is -2.21. The number of hydrogen-bond acceptors (Lipinski definition) is 5. The molecule has 0 atom stereocenters. The van der Waals surface area contributed by atoms with Crippen LogP contribution in [0.15, 0.2) is 36.1 Å². The van der Waals surface area contributed by atoms with E-state index < -0.39 is 35.4 Å².